The van der Waals surface area contributed by atoms with Gasteiger partial charge in [0.2, 0.25) is 0 Å². The van der Waals surface area contributed by atoms with Gasteiger partial charge >= 0.3 is 0 Å². The van der Waals surface area contributed by atoms with Gasteiger partial charge in [0.15, 0.2) is 0 Å². The van der Waals surface area contributed by atoms with Gasteiger partial charge in [-0.25, -0.2) is 0 Å². The summed E-state index contributed by atoms with van der Waals surface area (Å²) in [6, 6.07) is 13.4. The topological polar surface area (TPSA) is 104 Å². The summed E-state index contributed by atoms with van der Waals surface area (Å²) in [5.74, 6) is -1.95. The summed E-state index contributed by atoms with van der Waals surface area (Å²) < 4.78 is 0. The van der Waals surface area contributed by atoms with Crippen molar-refractivity contribution in [2.24, 2.45) is 0 Å². The molecule has 0 saturated carbocycles. The number of nitrogens with zero attached hydrogens (tertiary/aromatic N) is 3. The van der Waals surface area contributed by atoms with E-state index in [1.54, 1.807) is 36.4 Å². The Kier molecular flexibility index (Phi) is 6.81. The van der Waals surface area contributed by atoms with Gasteiger partial charge in [0.1, 0.15) is 5.76 Å². The van der Waals surface area contributed by atoms with Crippen LogP contribution in [0.1, 0.15) is 31.0 Å². The molecule has 1 aliphatic rings. The Morgan fingerprint density at radius 3 is 2.29 bits per heavy atom. The molecule has 3 rings (SSSR count). The molecule has 8 heteroatoms. The summed E-state index contributed by atoms with van der Waals surface area (Å²) in [5.41, 5.74) is 0.225. The highest BCUT2D eigenvalue weighted by atomic mass is 16.6. The summed E-state index contributed by atoms with van der Waals surface area (Å²) in [5, 5.41) is 22.6. The van der Waals surface area contributed by atoms with Crippen molar-refractivity contribution in [3.8, 4) is 0 Å². The predicted molar refractivity (Wildman–Crippen MR) is 116 cm³/mol. The van der Waals surface area contributed by atoms with Crippen LogP contribution in [0.15, 0.2) is 60.2 Å². The summed E-state index contributed by atoms with van der Waals surface area (Å²) >= 11 is 0. The summed E-state index contributed by atoms with van der Waals surface area (Å²) in [7, 11) is 0. The molecule has 0 bridgehead atoms. The van der Waals surface area contributed by atoms with Crippen molar-refractivity contribution >= 4 is 23.1 Å². The lowest BCUT2D eigenvalue weighted by atomic mass is 9.94. The van der Waals surface area contributed by atoms with Crippen LogP contribution < -0.4 is 0 Å². The van der Waals surface area contributed by atoms with E-state index in [9.17, 15) is 24.8 Å². The van der Waals surface area contributed by atoms with Crippen molar-refractivity contribution in [1.29, 1.82) is 0 Å². The van der Waals surface area contributed by atoms with E-state index < -0.39 is 22.7 Å². The van der Waals surface area contributed by atoms with E-state index in [-0.39, 0.29) is 29.1 Å². The van der Waals surface area contributed by atoms with Crippen molar-refractivity contribution in [2.45, 2.75) is 19.9 Å². The first kappa shape index (κ1) is 22.2. The normalized spacial score (nSPS) is 18.0. The molecule has 0 radical (unpaired) electrons. The molecule has 0 aliphatic carbocycles. The molecular weight excluding hydrogens is 398 g/mol. The molecular formula is C23H25N3O5. The number of nitro benzene ring substituents is 1. The number of benzene rings is 2. The SMILES string of the molecule is CCN(CC)CCN1C(=O)C(=O)C(=C(O)c2ccccc2)[C@H]1c1ccccc1[N+](=O)[O-]. The number of likely N-dealkylation sites (tertiary alicyclic amines) is 1. The number of hydrogen-bond donors (Lipinski definition) is 1. The maximum absolute atomic E-state index is 13.0. The van der Waals surface area contributed by atoms with Gasteiger partial charge in [0.05, 0.1) is 22.1 Å². The quantitative estimate of drug-likeness (QED) is 0.230. The Morgan fingerprint density at radius 2 is 1.68 bits per heavy atom. The second-order valence-corrected chi connectivity index (χ2v) is 7.20. The van der Waals surface area contributed by atoms with Crippen LogP contribution in [0.3, 0.4) is 0 Å². The first-order valence-electron chi connectivity index (χ1n) is 10.2. The molecule has 2 aromatic carbocycles. The molecule has 1 saturated heterocycles. The van der Waals surface area contributed by atoms with Crippen LogP contribution in [0.2, 0.25) is 0 Å². The second-order valence-electron chi connectivity index (χ2n) is 7.20. The third-order valence-corrected chi connectivity index (χ3v) is 5.57. The van der Waals surface area contributed by atoms with E-state index in [0.29, 0.717) is 12.1 Å². The van der Waals surface area contributed by atoms with Crippen LogP contribution in [0.25, 0.3) is 5.76 Å². The van der Waals surface area contributed by atoms with Crippen molar-refractivity contribution in [3.05, 3.63) is 81.4 Å². The average molecular weight is 423 g/mol. The number of Topliss-reactive ketones (excluding diaryl/α,β-unsaturated/α-hetero) is 1. The third kappa shape index (κ3) is 4.34. The van der Waals surface area contributed by atoms with Crippen LogP contribution in [0.4, 0.5) is 5.69 Å². The molecule has 1 N–H and O–H groups in total. The van der Waals surface area contributed by atoms with Gasteiger partial charge in [-0.1, -0.05) is 56.3 Å². The summed E-state index contributed by atoms with van der Waals surface area (Å²) in [4.78, 5) is 40.5. The number of nitro groups is 1. The zero-order valence-corrected chi connectivity index (χ0v) is 17.5. The minimum Gasteiger partial charge on any atom is -0.507 e. The third-order valence-electron chi connectivity index (χ3n) is 5.57. The highest BCUT2D eigenvalue weighted by molar-refractivity contribution is 6.46. The van der Waals surface area contributed by atoms with Crippen molar-refractivity contribution in [3.63, 3.8) is 0 Å². The molecule has 1 heterocycles. The fourth-order valence-electron chi connectivity index (χ4n) is 3.86. The fraction of sp³-hybridized carbons (Fsp3) is 0.304. The van der Waals surface area contributed by atoms with E-state index in [2.05, 4.69) is 4.90 Å². The molecule has 2 aromatic rings. The second kappa shape index (κ2) is 9.53. The highest BCUT2D eigenvalue weighted by Gasteiger charge is 2.47. The predicted octanol–water partition coefficient (Wildman–Crippen LogP) is 3.36. The Balaban J connectivity index is 2.17. The molecule has 1 atom stereocenters. The van der Waals surface area contributed by atoms with Crippen molar-refractivity contribution in [2.75, 3.05) is 26.2 Å². The van der Waals surface area contributed by atoms with E-state index in [4.69, 9.17) is 0 Å². The van der Waals surface area contributed by atoms with Crippen LogP contribution in [0, 0.1) is 10.1 Å². The van der Waals surface area contributed by atoms with Gasteiger partial charge in [-0.05, 0) is 19.2 Å². The number of aliphatic hydroxyl groups excluding tert-OH is 1. The molecule has 0 aromatic heterocycles. The Bertz CT molecular complexity index is 1010. The zero-order valence-electron chi connectivity index (χ0n) is 17.5. The highest BCUT2D eigenvalue weighted by Crippen LogP contribution is 2.42. The van der Waals surface area contributed by atoms with E-state index in [0.717, 1.165) is 13.1 Å². The van der Waals surface area contributed by atoms with Gasteiger partial charge in [-0.3, -0.25) is 19.7 Å². The Labute approximate surface area is 180 Å². The monoisotopic (exact) mass is 423 g/mol. The van der Waals surface area contributed by atoms with Gasteiger partial charge in [0.25, 0.3) is 17.4 Å². The van der Waals surface area contributed by atoms with Crippen LogP contribution in [-0.2, 0) is 9.59 Å². The van der Waals surface area contributed by atoms with Crippen LogP contribution in [-0.4, -0.2) is 57.7 Å². The number of rotatable bonds is 8. The maximum atomic E-state index is 13.0. The average Bonchev–Trinajstić information content (AvgIpc) is 3.04. The number of amides is 1. The molecule has 1 aliphatic heterocycles. The van der Waals surface area contributed by atoms with E-state index in [1.807, 2.05) is 13.8 Å². The molecule has 0 unspecified atom stereocenters. The lowest BCUT2D eigenvalue weighted by Crippen LogP contribution is -2.38. The molecule has 162 valence electrons. The van der Waals surface area contributed by atoms with Gasteiger partial charge in [-0.2, -0.15) is 0 Å². The standard InChI is InChI=1S/C23H25N3O5/c1-3-24(4-2)14-15-25-20(17-12-8-9-13-18(17)26(30)31)19(22(28)23(25)29)21(27)16-10-6-5-7-11-16/h5-13,20,27H,3-4,14-15H2,1-2H3/t20-/m1/s1. The Hall–Kier alpha value is -3.52. The summed E-state index contributed by atoms with van der Waals surface area (Å²) in [6.45, 7) is 6.22. The summed E-state index contributed by atoms with van der Waals surface area (Å²) in [6.07, 6.45) is 0. The van der Waals surface area contributed by atoms with E-state index >= 15 is 0 Å². The number of hydrogen-bond acceptors (Lipinski definition) is 6. The first-order valence-corrected chi connectivity index (χ1v) is 10.2. The molecule has 1 fully saturated rings. The number of ketones is 1. The fourth-order valence-corrected chi connectivity index (χ4v) is 3.86. The Morgan fingerprint density at radius 1 is 1.06 bits per heavy atom. The van der Waals surface area contributed by atoms with Gasteiger partial charge < -0.3 is 14.9 Å². The zero-order chi connectivity index (χ0) is 22.5. The van der Waals surface area contributed by atoms with Gasteiger partial charge in [0, 0.05) is 24.7 Å². The van der Waals surface area contributed by atoms with Crippen molar-refractivity contribution in [1.82, 2.24) is 9.80 Å². The molecule has 8 nitrogen and oxygen atoms in total. The number of likely N-dealkylation sites (N-methyl/N-ethyl adjacent to an activating group) is 1. The number of carbonyl (C=O) groups is 2. The lowest BCUT2D eigenvalue weighted by molar-refractivity contribution is -0.385. The first-order chi connectivity index (χ1) is 14.9. The number of aliphatic hydroxyl groups is 1. The number of carbonyl (C=O) groups excluding carboxylic acids is 2. The van der Waals surface area contributed by atoms with Crippen LogP contribution >= 0.6 is 0 Å². The maximum Gasteiger partial charge on any atom is 0.295 e. The lowest BCUT2D eigenvalue weighted by Gasteiger charge is -2.28. The largest absolute Gasteiger partial charge is 0.507 e. The molecule has 0 spiro atoms. The van der Waals surface area contributed by atoms with E-state index in [1.165, 1.54) is 23.1 Å². The van der Waals surface area contributed by atoms with Gasteiger partial charge in [-0.15, -0.1) is 0 Å². The molecule has 1 amide bonds. The number of para-hydroxylation sites is 1. The minimum absolute atomic E-state index is 0.134. The van der Waals surface area contributed by atoms with Crippen molar-refractivity contribution < 1.29 is 19.6 Å². The minimum atomic E-state index is -1.04. The van der Waals surface area contributed by atoms with Crippen LogP contribution in [0.5, 0.6) is 0 Å². The smallest absolute Gasteiger partial charge is 0.295 e. The molecule has 31 heavy (non-hydrogen) atoms.